The van der Waals surface area contributed by atoms with Crippen LogP contribution in [0.2, 0.25) is 0 Å². The molecule has 0 spiro atoms. The van der Waals surface area contributed by atoms with Gasteiger partial charge in [0.1, 0.15) is 5.69 Å². The second-order valence-electron chi connectivity index (χ2n) is 6.24. The minimum Gasteiger partial charge on any atom is -0.375 e. The first-order valence-electron chi connectivity index (χ1n) is 8.63. The van der Waals surface area contributed by atoms with Crippen molar-refractivity contribution in [1.29, 1.82) is 0 Å². The van der Waals surface area contributed by atoms with Gasteiger partial charge in [0.2, 0.25) is 0 Å². The lowest BCUT2D eigenvalue weighted by Crippen LogP contribution is -2.24. The summed E-state index contributed by atoms with van der Waals surface area (Å²) in [7, 11) is 1.86. The number of halogens is 1. The Kier molecular flexibility index (Phi) is 7.48. The van der Waals surface area contributed by atoms with Crippen LogP contribution in [0.5, 0.6) is 0 Å². The number of benzene rings is 2. The van der Waals surface area contributed by atoms with Gasteiger partial charge in [-0.15, -0.1) is 12.4 Å². The van der Waals surface area contributed by atoms with E-state index in [0.717, 1.165) is 5.56 Å². The standard InChI is InChI=1S/C19H21N5O3.ClH/c1-13(20-2)10-18-22-19(27-23-18)15-8-9-16(17(11-15)24(25)26)21-12-14-6-4-3-5-7-14;/h3-9,11,13,20-21H,10,12H2,1-2H3;1H. The maximum atomic E-state index is 11.5. The van der Waals surface area contributed by atoms with Crippen LogP contribution < -0.4 is 10.6 Å². The normalized spacial score (nSPS) is 11.5. The lowest BCUT2D eigenvalue weighted by Gasteiger charge is -2.08. The van der Waals surface area contributed by atoms with Crippen LogP contribution in [0.1, 0.15) is 18.3 Å². The first kappa shape index (κ1) is 21.3. The van der Waals surface area contributed by atoms with Gasteiger partial charge < -0.3 is 15.2 Å². The maximum Gasteiger partial charge on any atom is 0.293 e. The molecule has 0 saturated carbocycles. The van der Waals surface area contributed by atoms with Crippen molar-refractivity contribution in [3.05, 3.63) is 70.0 Å². The van der Waals surface area contributed by atoms with Crippen LogP contribution in [0, 0.1) is 10.1 Å². The minimum atomic E-state index is -0.419. The molecule has 148 valence electrons. The van der Waals surface area contributed by atoms with Crippen molar-refractivity contribution in [1.82, 2.24) is 15.5 Å². The van der Waals surface area contributed by atoms with E-state index in [9.17, 15) is 10.1 Å². The molecular weight excluding hydrogens is 382 g/mol. The van der Waals surface area contributed by atoms with Gasteiger partial charge in [-0.3, -0.25) is 10.1 Å². The summed E-state index contributed by atoms with van der Waals surface area (Å²) in [6, 6.07) is 14.7. The lowest BCUT2D eigenvalue weighted by atomic mass is 10.1. The first-order chi connectivity index (χ1) is 13.1. The quantitative estimate of drug-likeness (QED) is 0.434. The highest BCUT2D eigenvalue weighted by Crippen LogP contribution is 2.30. The van der Waals surface area contributed by atoms with Gasteiger partial charge in [-0.2, -0.15) is 4.98 Å². The van der Waals surface area contributed by atoms with Gasteiger partial charge in [0.25, 0.3) is 11.6 Å². The van der Waals surface area contributed by atoms with Gasteiger partial charge in [-0.25, -0.2) is 0 Å². The third-order valence-electron chi connectivity index (χ3n) is 4.22. The number of anilines is 1. The van der Waals surface area contributed by atoms with Crippen molar-refractivity contribution >= 4 is 23.8 Å². The highest BCUT2D eigenvalue weighted by Gasteiger charge is 2.18. The predicted octanol–water partition coefficient (Wildman–Crippen LogP) is 3.83. The zero-order valence-electron chi connectivity index (χ0n) is 15.6. The van der Waals surface area contributed by atoms with Gasteiger partial charge in [-0.05, 0) is 31.7 Å². The average Bonchev–Trinajstić information content (AvgIpc) is 3.15. The van der Waals surface area contributed by atoms with E-state index in [0.29, 0.717) is 30.0 Å². The fraction of sp³-hybridized carbons (Fsp3) is 0.263. The van der Waals surface area contributed by atoms with Crippen LogP contribution in [0.4, 0.5) is 11.4 Å². The zero-order chi connectivity index (χ0) is 19.2. The smallest absolute Gasteiger partial charge is 0.293 e. The molecule has 3 aromatic rings. The molecule has 2 aromatic carbocycles. The molecule has 0 saturated heterocycles. The molecule has 3 rings (SSSR count). The monoisotopic (exact) mass is 403 g/mol. The largest absolute Gasteiger partial charge is 0.375 e. The number of likely N-dealkylation sites (N-methyl/N-ethyl adjacent to an activating group) is 1. The Hall–Kier alpha value is -2.97. The highest BCUT2D eigenvalue weighted by atomic mass is 35.5. The van der Waals surface area contributed by atoms with Gasteiger partial charge in [0.05, 0.1) is 4.92 Å². The molecule has 28 heavy (non-hydrogen) atoms. The van der Waals surface area contributed by atoms with Crippen LogP contribution in [0.3, 0.4) is 0 Å². The molecule has 0 aliphatic heterocycles. The predicted molar refractivity (Wildman–Crippen MR) is 110 cm³/mol. The Bertz CT molecular complexity index is 917. The average molecular weight is 404 g/mol. The van der Waals surface area contributed by atoms with Crippen LogP contribution in [-0.2, 0) is 13.0 Å². The molecule has 8 nitrogen and oxygen atoms in total. The van der Waals surface area contributed by atoms with Gasteiger partial charge in [0, 0.05) is 30.6 Å². The van der Waals surface area contributed by atoms with E-state index in [1.54, 1.807) is 12.1 Å². The van der Waals surface area contributed by atoms with Gasteiger partial charge >= 0.3 is 0 Å². The number of rotatable bonds is 8. The molecule has 2 N–H and O–H groups in total. The van der Waals surface area contributed by atoms with Crippen LogP contribution in [-0.4, -0.2) is 28.2 Å². The fourth-order valence-corrected chi connectivity index (χ4v) is 2.59. The Morgan fingerprint density at radius 1 is 1.21 bits per heavy atom. The second-order valence-corrected chi connectivity index (χ2v) is 6.24. The molecule has 0 aliphatic carbocycles. The molecule has 0 bridgehead atoms. The second kappa shape index (κ2) is 9.82. The summed E-state index contributed by atoms with van der Waals surface area (Å²) in [6.45, 7) is 2.50. The number of nitrogens with zero attached hydrogens (tertiary/aromatic N) is 3. The summed E-state index contributed by atoms with van der Waals surface area (Å²) < 4.78 is 5.27. The van der Waals surface area contributed by atoms with E-state index in [2.05, 4.69) is 20.8 Å². The Labute approximate surface area is 168 Å². The van der Waals surface area contributed by atoms with Crippen LogP contribution in [0.25, 0.3) is 11.5 Å². The van der Waals surface area contributed by atoms with E-state index in [1.807, 2.05) is 44.3 Å². The summed E-state index contributed by atoms with van der Waals surface area (Å²) in [5.41, 5.74) is 1.96. The SMILES string of the molecule is CNC(C)Cc1noc(-c2ccc(NCc3ccccc3)c([N+](=O)[O-])c2)n1.Cl. The molecule has 0 amide bonds. The van der Waals surface area contributed by atoms with Crippen molar-refractivity contribution in [3.63, 3.8) is 0 Å². The number of nitro benzene ring substituents is 1. The Balaban J connectivity index is 0.00000280. The van der Waals surface area contributed by atoms with E-state index in [-0.39, 0.29) is 30.0 Å². The zero-order valence-corrected chi connectivity index (χ0v) is 16.4. The molecule has 1 aromatic heterocycles. The fourth-order valence-electron chi connectivity index (χ4n) is 2.59. The maximum absolute atomic E-state index is 11.5. The molecule has 1 heterocycles. The van der Waals surface area contributed by atoms with Gasteiger partial charge in [0.15, 0.2) is 5.82 Å². The molecule has 0 radical (unpaired) electrons. The number of nitrogens with one attached hydrogen (secondary N) is 2. The van der Waals surface area contributed by atoms with Gasteiger partial charge in [-0.1, -0.05) is 35.5 Å². The number of aromatic nitrogens is 2. The number of nitro groups is 1. The van der Waals surface area contributed by atoms with Crippen molar-refractivity contribution in [2.45, 2.75) is 25.9 Å². The molecule has 1 unspecified atom stereocenters. The molecule has 9 heteroatoms. The summed E-state index contributed by atoms with van der Waals surface area (Å²) >= 11 is 0. The number of hydrogen-bond acceptors (Lipinski definition) is 7. The Morgan fingerprint density at radius 2 is 1.96 bits per heavy atom. The topological polar surface area (TPSA) is 106 Å². The minimum absolute atomic E-state index is 0. The Morgan fingerprint density at radius 3 is 2.64 bits per heavy atom. The summed E-state index contributed by atoms with van der Waals surface area (Å²) in [6.07, 6.45) is 0.610. The molecule has 0 fully saturated rings. The van der Waals surface area contributed by atoms with Crippen molar-refractivity contribution < 1.29 is 9.45 Å². The number of hydrogen-bond donors (Lipinski definition) is 2. The van der Waals surface area contributed by atoms with E-state index in [1.165, 1.54) is 6.07 Å². The third-order valence-corrected chi connectivity index (χ3v) is 4.22. The van der Waals surface area contributed by atoms with Crippen LogP contribution >= 0.6 is 12.4 Å². The van der Waals surface area contributed by atoms with Crippen molar-refractivity contribution in [2.24, 2.45) is 0 Å². The van der Waals surface area contributed by atoms with Crippen molar-refractivity contribution in [3.8, 4) is 11.5 Å². The first-order valence-corrected chi connectivity index (χ1v) is 8.63. The van der Waals surface area contributed by atoms with E-state index in [4.69, 9.17) is 4.52 Å². The van der Waals surface area contributed by atoms with E-state index < -0.39 is 4.92 Å². The summed E-state index contributed by atoms with van der Waals surface area (Å²) in [4.78, 5) is 15.4. The molecule has 0 aliphatic rings. The van der Waals surface area contributed by atoms with Crippen molar-refractivity contribution in [2.75, 3.05) is 12.4 Å². The molecule has 1 atom stereocenters. The summed E-state index contributed by atoms with van der Waals surface area (Å²) in [5, 5.41) is 21.7. The summed E-state index contributed by atoms with van der Waals surface area (Å²) in [5.74, 6) is 0.826. The molecular formula is C19H22ClN5O3. The van der Waals surface area contributed by atoms with Crippen LogP contribution in [0.15, 0.2) is 53.1 Å². The highest BCUT2D eigenvalue weighted by molar-refractivity contribution is 5.85. The van der Waals surface area contributed by atoms with E-state index >= 15 is 0 Å². The third kappa shape index (κ3) is 5.28. The lowest BCUT2D eigenvalue weighted by molar-refractivity contribution is -0.383.